The molecule has 0 radical (unpaired) electrons. The van der Waals surface area contributed by atoms with Crippen molar-refractivity contribution in [2.24, 2.45) is 0 Å². The molecule has 1 atom stereocenters. The molecule has 1 unspecified atom stereocenters. The summed E-state index contributed by atoms with van der Waals surface area (Å²) in [6, 6.07) is 7.37. The van der Waals surface area contributed by atoms with E-state index in [1.807, 2.05) is 24.3 Å². The highest BCUT2D eigenvalue weighted by molar-refractivity contribution is 9.10. The molecule has 1 fully saturated rings. The lowest BCUT2D eigenvalue weighted by Gasteiger charge is -2.32. The first kappa shape index (κ1) is 12.9. The summed E-state index contributed by atoms with van der Waals surface area (Å²) >= 11 is 9.10. The molecule has 1 heterocycles. The van der Waals surface area contributed by atoms with Crippen molar-refractivity contribution in [1.29, 1.82) is 0 Å². The molecule has 0 aromatic heterocycles. The van der Waals surface area contributed by atoms with Crippen molar-refractivity contribution in [3.63, 3.8) is 0 Å². The second kappa shape index (κ2) is 5.85. The summed E-state index contributed by atoms with van der Waals surface area (Å²) in [5.41, 5.74) is 0.698. The van der Waals surface area contributed by atoms with Crippen LogP contribution in [0.4, 0.5) is 0 Å². The van der Waals surface area contributed by atoms with Crippen LogP contribution in [0.1, 0.15) is 10.4 Å². The number of nitrogens with zero attached hydrogens (tertiary/aromatic N) is 1. The Morgan fingerprint density at radius 3 is 2.82 bits per heavy atom. The van der Waals surface area contributed by atoms with Crippen LogP contribution in [0.3, 0.4) is 0 Å². The van der Waals surface area contributed by atoms with Crippen molar-refractivity contribution in [2.75, 3.05) is 25.6 Å². The Morgan fingerprint density at radius 2 is 2.18 bits per heavy atom. The fourth-order valence-electron chi connectivity index (χ4n) is 1.77. The number of benzene rings is 1. The molecule has 1 amide bonds. The van der Waals surface area contributed by atoms with Gasteiger partial charge in [-0.2, -0.15) is 0 Å². The number of amides is 1. The minimum Gasteiger partial charge on any atom is -0.373 e. The smallest absolute Gasteiger partial charge is 0.254 e. The third-order valence-corrected chi connectivity index (χ3v) is 3.56. The van der Waals surface area contributed by atoms with E-state index in [1.165, 1.54) is 0 Å². The molecular weight excluding hydrogens is 305 g/mol. The molecule has 0 saturated carbocycles. The number of hydrogen-bond donors (Lipinski definition) is 0. The van der Waals surface area contributed by atoms with Gasteiger partial charge in [0.1, 0.15) is 0 Å². The zero-order valence-corrected chi connectivity index (χ0v) is 11.6. The van der Waals surface area contributed by atoms with Gasteiger partial charge in [-0.3, -0.25) is 4.79 Å². The standard InChI is InChI=1S/C12H13BrClNO2/c13-10-3-1-9(2-4-10)12(16)15-5-6-17-11(7-14)8-15/h1-4,11H,5-8H2. The second-order valence-electron chi connectivity index (χ2n) is 3.91. The van der Waals surface area contributed by atoms with E-state index in [0.717, 1.165) is 4.47 Å². The van der Waals surface area contributed by atoms with E-state index in [2.05, 4.69) is 15.9 Å². The first-order valence-electron chi connectivity index (χ1n) is 5.43. The summed E-state index contributed by atoms with van der Waals surface area (Å²) in [6.07, 6.45) is -0.0511. The van der Waals surface area contributed by atoms with E-state index in [0.29, 0.717) is 31.1 Å². The molecule has 1 aromatic carbocycles. The van der Waals surface area contributed by atoms with Gasteiger partial charge in [0.15, 0.2) is 0 Å². The molecule has 0 spiro atoms. The topological polar surface area (TPSA) is 29.5 Å². The average molecular weight is 319 g/mol. The van der Waals surface area contributed by atoms with Crippen molar-refractivity contribution in [3.05, 3.63) is 34.3 Å². The van der Waals surface area contributed by atoms with Gasteiger partial charge in [0, 0.05) is 23.1 Å². The van der Waals surface area contributed by atoms with E-state index in [9.17, 15) is 4.79 Å². The molecule has 1 aliphatic heterocycles. The van der Waals surface area contributed by atoms with Crippen LogP contribution >= 0.6 is 27.5 Å². The third kappa shape index (κ3) is 3.21. The van der Waals surface area contributed by atoms with Crippen molar-refractivity contribution in [2.45, 2.75) is 6.10 Å². The number of alkyl halides is 1. The SMILES string of the molecule is O=C(c1ccc(Br)cc1)N1CCOC(CCl)C1. The molecule has 2 rings (SSSR count). The lowest BCUT2D eigenvalue weighted by molar-refractivity contribution is -0.0108. The third-order valence-electron chi connectivity index (χ3n) is 2.69. The quantitative estimate of drug-likeness (QED) is 0.784. The van der Waals surface area contributed by atoms with Crippen molar-refractivity contribution < 1.29 is 9.53 Å². The predicted molar refractivity (Wildman–Crippen MR) is 70.5 cm³/mol. The van der Waals surface area contributed by atoms with Gasteiger partial charge >= 0.3 is 0 Å². The molecule has 1 aliphatic rings. The van der Waals surface area contributed by atoms with E-state index in [1.54, 1.807) is 4.90 Å². The van der Waals surface area contributed by atoms with Gasteiger partial charge in [-0.25, -0.2) is 0 Å². The summed E-state index contributed by atoms with van der Waals surface area (Å²) in [6.45, 7) is 1.75. The minimum atomic E-state index is -0.0511. The summed E-state index contributed by atoms with van der Waals surface area (Å²) in [4.78, 5) is 14.0. The Bertz CT molecular complexity index is 396. The largest absolute Gasteiger partial charge is 0.373 e. The maximum Gasteiger partial charge on any atom is 0.254 e. The van der Waals surface area contributed by atoms with Crippen molar-refractivity contribution in [3.8, 4) is 0 Å². The molecule has 92 valence electrons. The van der Waals surface area contributed by atoms with Gasteiger partial charge in [0.05, 0.1) is 18.6 Å². The highest BCUT2D eigenvalue weighted by Crippen LogP contribution is 2.14. The molecule has 1 saturated heterocycles. The van der Waals surface area contributed by atoms with Crippen LogP contribution in [-0.2, 0) is 4.74 Å². The number of halogens is 2. The van der Waals surface area contributed by atoms with Gasteiger partial charge in [0.25, 0.3) is 5.91 Å². The maximum atomic E-state index is 12.2. The van der Waals surface area contributed by atoms with Gasteiger partial charge in [-0.1, -0.05) is 15.9 Å². The fourth-order valence-corrected chi connectivity index (χ4v) is 2.22. The Labute approximate surface area is 114 Å². The second-order valence-corrected chi connectivity index (χ2v) is 5.13. The van der Waals surface area contributed by atoms with Gasteiger partial charge in [-0.05, 0) is 24.3 Å². The van der Waals surface area contributed by atoms with Gasteiger partial charge in [0.2, 0.25) is 0 Å². The molecule has 0 bridgehead atoms. The summed E-state index contributed by atoms with van der Waals surface area (Å²) in [5.74, 6) is 0.459. The Balaban J connectivity index is 2.06. The normalized spacial score (nSPS) is 20.4. The molecule has 0 N–H and O–H groups in total. The van der Waals surface area contributed by atoms with Gasteiger partial charge in [-0.15, -0.1) is 11.6 Å². The predicted octanol–water partition coefficient (Wildman–Crippen LogP) is 2.53. The average Bonchev–Trinajstić information content (AvgIpc) is 2.39. The summed E-state index contributed by atoms with van der Waals surface area (Å²) in [5, 5.41) is 0. The van der Waals surface area contributed by atoms with Crippen LogP contribution in [0.5, 0.6) is 0 Å². The highest BCUT2D eigenvalue weighted by Gasteiger charge is 2.24. The number of morpholine rings is 1. The molecule has 0 aliphatic carbocycles. The van der Waals surface area contributed by atoms with E-state index >= 15 is 0 Å². The van der Waals surface area contributed by atoms with Crippen LogP contribution in [0.15, 0.2) is 28.7 Å². The van der Waals surface area contributed by atoms with Crippen LogP contribution < -0.4 is 0 Å². The molecule has 17 heavy (non-hydrogen) atoms. The Hall–Kier alpha value is -0.580. The maximum absolute atomic E-state index is 12.2. The lowest BCUT2D eigenvalue weighted by Crippen LogP contribution is -2.46. The zero-order chi connectivity index (χ0) is 12.3. The minimum absolute atomic E-state index is 0.0379. The highest BCUT2D eigenvalue weighted by atomic mass is 79.9. The summed E-state index contributed by atoms with van der Waals surface area (Å²) < 4.78 is 6.40. The van der Waals surface area contributed by atoms with Crippen LogP contribution in [0, 0.1) is 0 Å². The van der Waals surface area contributed by atoms with Gasteiger partial charge < -0.3 is 9.64 Å². The monoisotopic (exact) mass is 317 g/mol. The molecular formula is C12H13BrClNO2. The number of carbonyl (C=O) groups excluding carboxylic acids is 1. The number of hydrogen-bond acceptors (Lipinski definition) is 2. The lowest BCUT2D eigenvalue weighted by atomic mass is 10.2. The zero-order valence-electron chi connectivity index (χ0n) is 9.23. The van der Waals surface area contributed by atoms with E-state index in [4.69, 9.17) is 16.3 Å². The van der Waals surface area contributed by atoms with Crippen molar-refractivity contribution >= 4 is 33.4 Å². The Morgan fingerprint density at radius 1 is 1.47 bits per heavy atom. The summed E-state index contributed by atoms with van der Waals surface area (Å²) in [7, 11) is 0. The van der Waals surface area contributed by atoms with Crippen LogP contribution in [-0.4, -0.2) is 42.5 Å². The Kier molecular flexibility index (Phi) is 4.42. The molecule has 3 nitrogen and oxygen atoms in total. The van der Waals surface area contributed by atoms with Crippen LogP contribution in [0.25, 0.3) is 0 Å². The van der Waals surface area contributed by atoms with E-state index in [-0.39, 0.29) is 12.0 Å². The van der Waals surface area contributed by atoms with E-state index < -0.39 is 0 Å². The fraction of sp³-hybridized carbons (Fsp3) is 0.417. The first-order chi connectivity index (χ1) is 8.20. The number of rotatable bonds is 2. The van der Waals surface area contributed by atoms with Crippen LogP contribution in [0.2, 0.25) is 0 Å². The van der Waals surface area contributed by atoms with Crippen molar-refractivity contribution in [1.82, 2.24) is 4.90 Å². The molecule has 5 heteroatoms. The number of ether oxygens (including phenoxy) is 1. The first-order valence-corrected chi connectivity index (χ1v) is 6.76. The number of carbonyl (C=O) groups is 1. The molecule has 1 aromatic rings.